The lowest BCUT2D eigenvalue weighted by atomic mass is 10.1. The summed E-state index contributed by atoms with van der Waals surface area (Å²) in [6, 6.07) is 5.34. The van der Waals surface area contributed by atoms with Crippen molar-refractivity contribution in [1.29, 1.82) is 0 Å². The Morgan fingerprint density at radius 1 is 1.41 bits per heavy atom. The van der Waals surface area contributed by atoms with Crippen LogP contribution < -0.4 is 5.73 Å². The molecule has 0 amide bonds. The van der Waals surface area contributed by atoms with E-state index in [1.807, 2.05) is 23.9 Å². The number of nitrogens with two attached hydrogens (primary N) is 1. The lowest BCUT2D eigenvalue weighted by molar-refractivity contribution is 0.433. The van der Waals surface area contributed by atoms with Gasteiger partial charge in [-0.1, -0.05) is 17.3 Å². The summed E-state index contributed by atoms with van der Waals surface area (Å²) in [6.07, 6.45) is 3.33. The molecule has 0 aliphatic heterocycles. The summed E-state index contributed by atoms with van der Waals surface area (Å²) in [7, 11) is 1.86. The molecular weight excluding hydrogens is 218 g/mol. The van der Waals surface area contributed by atoms with Gasteiger partial charge < -0.3 is 19.9 Å². The fourth-order valence-electron chi connectivity index (χ4n) is 2.08. The Morgan fingerprint density at radius 2 is 2.24 bits per heavy atom. The van der Waals surface area contributed by atoms with Gasteiger partial charge in [-0.3, -0.25) is 0 Å². The summed E-state index contributed by atoms with van der Waals surface area (Å²) < 4.78 is 6.98. The molecule has 0 aliphatic rings. The van der Waals surface area contributed by atoms with Crippen LogP contribution in [0.3, 0.4) is 0 Å². The van der Waals surface area contributed by atoms with Crippen molar-refractivity contribution >= 4 is 16.6 Å². The van der Waals surface area contributed by atoms with Crippen molar-refractivity contribution in [3.63, 3.8) is 0 Å². The third-order valence-electron chi connectivity index (χ3n) is 2.82. The smallest absolute Gasteiger partial charge is 0.191 e. The van der Waals surface area contributed by atoms with Crippen LogP contribution in [0, 0.1) is 0 Å². The number of anilines is 1. The minimum Gasteiger partial charge on any atom is -0.506 e. The SMILES string of the molecule is Cn1cc(-c2oncc2N)c2cccc(O)c21. The molecule has 0 aliphatic carbocycles. The highest BCUT2D eigenvalue weighted by Crippen LogP contribution is 2.36. The van der Waals surface area contributed by atoms with E-state index in [9.17, 15) is 5.11 Å². The van der Waals surface area contributed by atoms with Gasteiger partial charge in [0, 0.05) is 24.2 Å². The normalized spacial score (nSPS) is 11.1. The van der Waals surface area contributed by atoms with E-state index in [0.717, 1.165) is 16.5 Å². The molecule has 2 heterocycles. The Morgan fingerprint density at radius 3 is 2.94 bits per heavy atom. The van der Waals surface area contributed by atoms with Crippen LogP contribution in [-0.4, -0.2) is 14.8 Å². The number of rotatable bonds is 1. The largest absolute Gasteiger partial charge is 0.506 e. The molecule has 0 spiro atoms. The molecule has 3 N–H and O–H groups in total. The standard InChI is InChI=1S/C12H11N3O2/c1-15-6-8(12-9(13)5-14-17-12)7-3-2-4-10(16)11(7)15/h2-6,16H,13H2,1H3. The highest BCUT2D eigenvalue weighted by Gasteiger charge is 2.16. The molecular formula is C12H11N3O2. The number of hydrogen-bond donors (Lipinski definition) is 2. The second-order valence-corrected chi connectivity index (χ2v) is 3.94. The molecule has 3 rings (SSSR count). The van der Waals surface area contributed by atoms with E-state index in [1.54, 1.807) is 12.1 Å². The van der Waals surface area contributed by atoms with Crippen molar-refractivity contribution in [2.45, 2.75) is 0 Å². The fraction of sp³-hybridized carbons (Fsp3) is 0.0833. The first-order valence-electron chi connectivity index (χ1n) is 5.16. The Labute approximate surface area is 97.1 Å². The van der Waals surface area contributed by atoms with E-state index < -0.39 is 0 Å². The summed E-state index contributed by atoms with van der Waals surface area (Å²) in [6.45, 7) is 0. The van der Waals surface area contributed by atoms with E-state index in [-0.39, 0.29) is 5.75 Å². The second kappa shape index (κ2) is 3.28. The number of hydrogen-bond acceptors (Lipinski definition) is 4. The van der Waals surface area contributed by atoms with Crippen molar-refractivity contribution in [2.75, 3.05) is 5.73 Å². The topological polar surface area (TPSA) is 77.2 Å². The van der Waals surface area contributed by atoms with E-state index in [0.29, 0.717) is 11.4 Å². The molecule has 0 bridgehead atoms. The summed E-state index contributed by atoms with van der Waals surface area (Å²) in [5, 5.41) is 14.4. The molecule has 0 saturated heterocycles. The van der Waals surface area contributed by atoms with Crippen LogP contribution in [0.15, 0.2) is 35.1 Å². The quantitative estimate of drug-likeness (QED) is 0.670. The lowest BCUT2D eigenvalue weighted by Crippen LogP contribution is -1.84. The molecule has 0 radical (unpaired) electrons. The van der Waals surface area contributed by atoms with Crippen LogP contribution in [-0.2, 0) is 7.05 Å². The number of benzene rings is 1. The van der Waals surface area contributed by atoms with E-state index in [2.05, 4.69) is 5.16 Å². The maximum atomic E-state index is 9.83. The van der Waals surface area contributed by atoms with Gasteiger partial charge in [0.05, 0.1) is 11.7 Å². The Bertz CT molecular complexity index is 697. The molecule has 0 unspecified atom stereocenters. The van der Waals surface area contributed by atoms with Gasteiger partial charge in [-0.15, -0.1) is 0 Å². The average molecular weight is 229 g/mol. The molecule has 1 aromatic carbocycles. The first-order valence-corrected chi connectivity index (χ1v) is 5.16. The Balaban J connectivity index is 2.40. The highest BCUT2D eigenvalue weighted by molar-refractivity contribution is 5.99. The van der Waals surface area contributed by atoms with E-state index in [4.69, 9.17) is 10.3 Å². The highest BCUT2D eigenvalue weighted by atomic mass is 16.5. The number of nitrogens with zero attached hydrogens (tertiary/aromatic N) is 2. The number of aromatic nitrogens is 2. The number of phenolic OH excluding ortho intramolecular Hbond substituents is 1. The van der Waals surface area contributed by atoms with Gasteiger partial charge in [-0.25, -0.2) is 0 Å². The van der Waals surface area contributed by atoms with Crippen molar-refractivity contribution in [2.24, 2.45) is 7.05 Å². The van der Waals surface area contributed by atoms with Gasteiger partial charge in [0.25, 0.3) is 0 Å². The van der Waals surface area contributed by atoms with Gasteiger partial charge in [0.1, 0.15) is 11.4 Å². The zero-order valence-corrected chi connectivity index (χ0v) is 9.21. The summed E-state index contributed by atoms with van der Waals surface area (Å²) in [5.74, 6) is 0.760. The Kier molecular flexibility index (Phi) is 1.89. The molecule has 86 valence electrons. The van der Waals surface area contributed by atoms with Crippen LogP contribution in [0.4, 0.5) is 5.69 Å². The molecule has 17 heavy (non-hydrogen) atoms. The van der Waals surface area contributed by atoms with E-state index >= 15 is 0 Å². The molecule has 5 heteroatoms. The van der Waals surface area contributed by atoms with E-state index in [1.165, 1.54) is 6.20 Å². The minimum atomic E-state index is 0.231. The summed E-state index contributed by atoms with van der Waals surface area (Å²) in [5.41, 5.74) is 7.85. The van der Waals surface area contributed by atoms with Gasteiger partial charge in [-0.05, 0) is 6.07 Å². The molecule has 0 saturated carbocycles. The van der Waals surface area contributed by atoms with Crippen LogP contribution in [0.5, 0.6) is 5.75 Å². The van der Waals surface area contributed by atoms with Crippen LogP contribution in [0.1, 0.15) is 0 Å². The van der Waals surface area contributed by atoms with Crippen molar-refractivity contribution in [1.82, 2.24) is 9.72 Å². The molecule has 0 atom stereocenters. The maximum absolute atomic E-state index is 9.83. The lowest BCUT2D eigenvalue weighted by Gasteiger charge is -1.98. The van der Waals surface area contributed by atoms with Crippen LogP contribution >= 0.6 is 0 Å². The molecule has 5 nitrogen and oxygen atoms in total. The maximum Gasteiger partial charge on any atom is 0.191 e. The first-order chi connectivity index (χ1) is 8.18. The van der Waals surface area contributed by atoms with Gasteiger partial charge in [-0.2, -0.15) is 0 Å². The van der Waals surface area contributed by atoms with Gasteiger partial charge in [0.2, 0.25) is 0 Å². The number of phenols is 1. The number of aromatic hydroxyl groups is 1. The number of fused-ring (bicyclic) bond motifs is 1. The van der Waals surface area contributed by atoms with Gasteiger partial charge in [0.15, 0.2) is 5.76 Å². The predicted octanol–water partition coefficient (Wildman–Crippen LogP) is 2.12. The fourth-order valence-corrected chi connectivity index (χ4v) is 2.08. The predicted molar refractivity (Wildman–Crippen MR) is 64.5 cm³/mol. The Hall–Kier alpha value is -2.43. The number of nitrogen functional groups attached to an aromatic ring is 1. The first kappa shape index (κ1) is 9.77. The third-order valence-corrected chi connectivity index (χ3v) is 2.82. The molecule has 3 aromatic rings. The van der Waals surface area contributed by atoms with Crippen molar-refractivity contribution in [3.8, 4) is 17.1 Å². The summed E-state index contributed by atoms with van der Waals surface area (Å²) >= 11 is 0. The summed E-state index contributed by atoms with van der Waals surface area (Å²) in [4.78, 5) is 0. The van der Waals surface area contributed by atoms with Crippen molar-refractivity contribution in [3.05, 3.63) is 30.6 Å². The average Bonchev–Trinajstić information content (AvgIpc) is 2.84. The van der Waals surface area contributed by atoms with Crippen LogP contribution in [0.25, 0.3) is 22.2 Å². The number of para-hydroxylation sites is 1. The molecule has 0 fully saturated rings. The monoisotopic (exact) mass is 229 g/mol. The zero-order valence-electron chi connectivity index (χ0n) is 9.21. The number of aryl methyl sites for hydroxylation is 1. The third kappa shape index (κ3) is 1.29. The van der Waals surface area contributed by atoms with Crippen molar-refractivity contribution < 1.29 is 9.63 Å². The minimum absolute atomic E-state index is 0.231. The zero-order chi connectivity index (χ0) is 12.0. The van der Waals surface area contributed by atoms with Crippen LogP contribution in [0.2, 0.25) is 0 Å². The molecule has 2 aromatic heterocycles. The second-order valence-electron chi connectivity index (χ2n) is 3.94. The van der Waals surface area contributed by atoms with Gasteiger partial charge >= 0.3 is 0 Å².